The molecule has 3 aliphatic rings. The number of hydrogen-bond donors (Lipinski definition) is 1. The number of methoxy groups -OCH3 is 1. The number of esters is 1. The highest BCUT2D eigenvalue weighted by atomic mass is 16.6. The summed E-state index contributed by atoms with van der Waals surface area (Å²) in [5, 5.41) is 3.48. The zero-order chi connectivity index (χ0) is 23.6. The molecule has 0 saturated carbocycles. The molecular weight excluding hydrogens is 420 g/mol. The third kappa shape index (κ3) is 3.02. The number of amides is 2. The van der Waals surface area contributed by atoms with Crippen LogP contribution in [0.25, 0.3) is 0 Å². The van der Waals surface area contributed by atoms with Gasteiger partial charge in [-0.1, -0.05) is 30.3 Å². The molecule has 7 heteroatoms. The molecule has 0 radical (unpaired) electrons. The molecular formula is C26H28N2O5. The summed E-state index contributed by atoms with van der Waals surface area (Å²) in [6.45, 7) is 5.41. The summed E-state index contributed by atoms with van der Waals surface area (Å²) in [6.07, 6.45) is 0.956. The molecule has 0 aliphatic carbocycles. The zero-order valence-electron chi connectivity index (χ0n) is 19.3. The maximum absolute atomic E-state index is 13.8. The first-order valence-corrected chi connectivity index (χ1v) is 11.2. The molecule has 1 N–H and O–H groups in total. The van der Waals surface area contributed by atoms with Gasteiger partial charge in [-0.3, -0.25) is 19.7 Å². The van der Waals surface area contributed by atoms with Crippen molar-refractivity contribution in [1.29, 1.82) is 0 Å². The Labute approximate surface area is 193 Å². The highest BCUT2D eigenvalue weighted by Crippen LogP contribution is 2.61. The molecule has 172 valence electrons. The molecule has 0 spiro atoms. The van der Waals surface area contributed by atoms with E-state index in [9.17, 15) is 14.4 Å². The van der Waals surface area contributed by atoms with Crippen LogP contribution in [0.5, 0.6) is 5.75 Å². The minimum Gasteiger partial charge on any atom is -0.497 e. The Kier molecular flexibility index (Phi) is 4.69. The quantitative estimate of drug-likeness (QED) is 0.571. The van der Waals surface area contributed by atoms with E-state index in [0.717, 1.165) is 5.56 Å². The number of carbonyl (C=O) groups is 3. The van der Waals surface area contributed by atoms with E-state index in [1.807, 2.05) is 30.3 Å². The van der Waals surface area contributed by atoms with E-state index >= 15 is 0 Å². The number of ether oxygens (including phenoxy) is 2. The molecule has 3 aliphatic heterocycles. The Balaban J connectivity index is 1.65. The highest BCUT2D eigenvalue weighted by molar-refractivity contribution is 6.24. The fourth-order valence-corrected chi connectivity index (χ4v) is 5.81. The van der Waals surface area contributed by atoms with Crippen molar-refractivity contribution >= 4 is 23.5 Å². The largest absolute Gasteiger partial charge is 0.497 e. The molecule has 7 nitrogen and oxygen atoms in total. The van der Waals surface area contributed by atoms with Gasteiger partial charge in [0, 0.05) is 0 Å². The number of nitrogens with one attached hydrogen (secondary N) is 1. The van der Waals surface area contributed by atoms with Crippen molar-refractivity contribution in [2.75, 3.05) is 12.0 Å². The molecule has 3 fully saturated rings. The first-order chi connectivity index (χ1) is 15.6. The van der Waals surface area contributed by atoms with Crippen LogP contribution in [-0.4, -0.2) is 36.0 Å². The van der Waals surface area contributed by atoms with E-state index in [-0.39, 0.29) is 11.8 Å². The Morgan fingerprint density at radius 3 is 2.21 bits per heavy atom. The van der Waals surface area contributed by atoms with Gasteiger partial charge in [0.1, 0.15) is 16.9 Å². The number of nitrogens with zero attached hydrogens (tertiary/aromatic N) is 1. The lowest BCUT2D eigenvalue weighted by Gasteiger charge is -2.34. The summed E-state index contributed by atoms with van der Waals surface area (Å²) >= 11 is 0. The van der Waals surface area contributed by atoms with Gasteiger partial charge in [0.2, 0.25) is 11.8 Å². The molecule has 2 aromatic rings. The van der Waals surface area contributed by atoms with E-state index < -0.39 is 34.5 Å². The smallest absolute Gasteiger partial charge is 0.327 e. The number of imide groups is 1. The fourth-order valence-electron chi connectivity index (χ4n) is 5.81. The molecule has 2 bridgehead atoms. The summed E-state index contributed by atoms with van der Waals surface area (Å²) < 4.78 is 11.1. The topological polar surface area (TPSA) is 84.9 Å². The number of fused-ring (bicyclic) bond motifs is 5. The molecule has 2 amide bonds. The second kappa shape index (κ2) is 7.15. The standard InChI is InChI=1S/C26H28N2O5/c1-24(2,3)33-23(31)26-15-14-25(27-26,16-10-12-18(32-4)13-11-16)19-20(26)22(30)28(21(19)29)17-8-6-5-7-9-17/h5-13,19-20,27H,14-15H2,1-4H3. The van der Waals surface area contributed by atoms with Crippen LogP contribution >= 0.6 is 0 Å². The van der Waals surface area contributed by atoms with Crippen molar-refractivity contribution in [2.45, 2.75) is 50.3 Å². The van der Waals surface area contributed by atoms with Crippen molar-refractivity contribution in [3.05, 3.63) is 60.2 Å². The first kappa shape index (κ1) is 21.6. The van der Waals surface area contributed by atoms with Gasteiger partial charge in [-0.2, -0.15) is 0 Å². The number of carbonyl (C=O) groups excluding carboxylic acids is 3. The van der Waals surface area contributed by atoms with Gasteiger partial charge in [0.25, 0.3) is 0 Å². The van der Waals surface area contributed by atoms with E-state index in [2.05, 4.69) is 5.32 Å². The van der Waals surface area contributed by atoms with Crippen LogP contribution in [-0.2, 0) is 24.7 Å². The molecule has 33 heavy (non-hydrogen) atoms. The SMILES string of the molecule is COc1ccc(C23CCC(C(=O)OC(C)(C)C)(N2)C2C(=O)N(c4ccccc4)C(=O)C23)cc1. The third-order valence-corrected chi connectivity index (χ3v) is 7.11. The molecule has 2 aromatic carbocycles. The van der Waals surface area contributed by atoms with Crippen molar-refractivity contribution in [2.24, 2.45) is 11.8 Å². The van der Waals surface area contributed by atoms with Gasteiger partial charge in [-0.15, -0.1) is 0 Å². The fraction of sp³-hybridized carbons (Fsp3) is 0.423. The predicted octanol–water partition coefficient (Wildman–Crippen LogP) is 3.17. The van der Waals surface area contributed by atoms with Gasteiger partial charge >= 0.3 is 5.97 Å². The number of para-hydroxylation sites is 1. The van der Waals surface area contributed by atoms with Crippen molar-refractivity contribution in [3.63, 3.8) is 0 Å². The van der Waals surface area contributed by atoms with Crippen LogP contribution in [0, 0.1) is 11.8 Å². The Morgan fingerprint density at radius 1 is 0.970 bits per heavy atom. The second-order valence-electron chi connectivity index (χ2n) is 10.1. The molecule has 0 aromatic heterocycles. The Hall–Kier alpha value is -3.19. The summed E-state index contributed by atoms with van der Waals surface area (Å²) in [5.41, 5.74) is -1.44. The zero-order valence-corrected chi connectivity index (χ0v) is 19.3. The lowest BCUT2D eigenvalue weighted by atomic mass is 9.65. The molecule has 5 rings (SSSR count). The number of rotatable bonds is 4. The number of benzene rings is 2. The van der Waals surface area contributed by atoms with Gasteiger partial charge in [-0.05, 0) is 63.4 Å². The summed E-state index contributed by atoms with van der Waals surface area (Å²) in [6, 6.07) is 16.4. The summed E-state index contributed by atoms with van der Waals surface area (Å²) in [4.78, 5) is 42.4. The number of hydrogen-bond acceptors (Lipinski definition) is 6. The summed E-state index contributed by atoms with van der Waals surface area (Å²) in [7, 11) is 1.59. The van der Waals surface area contributed by atoms with Gasteiger partial charge in [-0.25, -0.2) is 4.90 Å². The van der Waals surface area contributed by atoms with E-state index in [0.29, 0.717) is 24.3 Å². The van der Waals surface area contributed by atoms with Crippen molar-refractivity contribution < 1.29 is 23.9 Å². The second-order valence-corrected chi connectivity index (χ2v) is 10.1. The monoisotopic (exact) mass is 448 g/mol. The Bertz CT molecular complexity index is 1120. The number of anilines is 1. The summed E-state index contributed by atoms with van der Waals surface area (Å²) in [5.74, 6) is -1.97. The van der Waals surface area contributed by atoms with Crippen molar-refractivity contribution in [1.82, 2.24) is 5.32 Å². The minimum atomic E-state index is -1.26. The minimum absolute atomic E-state index is 0.287. The van der Waals surface area contributed by atoms with Crippen molar-refractivity contribution in [3.8, 4) is 5.75 Å². The molecule has 3 saturated heterocycles. The van der Waals surface area contributed by atoms with Crippen LogP contribution in [0.15, 0.2) is 54.6 Å². The highest BCUT2D eigenvalue weighted by Gasteiger charge is 2.77. The molecule has 3 heterocycles. The van der Waals surface area contributed by atoms with Crippen LogP contribution in [0.1, 0.15) is 39.2 Å². The van der Waals surface area contributed by atoms with Crippen LogP contribution in [0.2, 0.25) is 0 Å². The van der Waals surface area contributed by atoms with Crippen LogP contribution < -0.4 is 15.0 Å². The van der Waals surface area contributed by atoms with Gasteiger partial charge in [0.15, 0.2) is 0 Å². The first-order valence-electron chi connectivity index (χ1n) is 11.2. The molecule has 4 atom stereocenters. The predicted molar refractivity (Wildman–Crippen MR) is 122 cm³/mol. The van der Waals surface area contributed by atoms with E-state index in [4.69, 9.17) is 9.47 Å². The lowest BCUT2D eigenvalue weighted by Crippen LogP contribution is -2.56. The van der Waals surface area contributed by atoms with E-state index in [1.54, 1.807) is 52.1 Å². The lowest BCUT2D eigenvalue weighted by molar-refractivity contribution is -0.165. The van der Waals surface area contributed by atoms with Crippen LogP contribution in [0.3, 0.4) is 0 Å². The average molecular weight is 449 g/mol. The Morgan fingerprint density at radius 2 is 1.61 bits per heavy atom. The maximum Gasteiger partial charge on any atom is 0.327 e. The van der Waals surface area contributed by atoms with Crippen LogP contribution in [0.4, 0.5) is 5.69 Å². The normalized spacial score (nSPS) is 30.5. The van der Waals surface area contributed by atoms with Gasteiger partial charge in [0.05, 0.1) is 30.2 Å². The molecule has 4 unspecified atom stereocenters. The van der Waals surface area contributed by atoms with Gasteiger partial charge < -0.3 is 9.47 Å². The van der Waals surface area contributed by atoms with E-state index in [1.165, 1.54) is 4.90 Å². The third-order valence-electron chi connectivity index (χ3n) is 7.11. The maximum atomic E-state index is 13.8. The average Bonchev–Trinajstić information content (AvgIpc) is 3.42.